The molecule has 3 heteroatoms. The summed E-state index contributed by atoms with van der Waals surface area (Å²) in [6.07, 6.45) is 4.11. The molecule has 1 N–H and O–H groups in total. The number of hydrogen-bond donors (Lipinski definition) is 1. The van der Waals surface area contributed by atoms with Gasteiger partial charge in [-0.05, 0) is 25.0 Å². The normalized spacial score (nSPS) is 16.1. The number of rotatable bonds is 3. The van der Waals surface area contributed by atoms with Gasteiger partial charge in [-0.2, -0.15) is 0 Å². The van der Waals surface area contributed by atoms with Crippen LogP contribution in [-0.2, 0) is 6.54 Å². The molecule has 0 bridgehead atoms. The Morgan fingerprint density at radius 1 is 1.40 bits per heavy atom. The minimum atomic E-state index is -0.200. The largest absolute Gasteiger partial charge is 0.464 e. The summed E-state index contributed by atoms with van der Waals surface area (Å²) in [5.74, 6) is -0.200. The van der Waals surface area contributed by atoms with Crippen LogP contribution in [-0.4, -0.2) is 6.04 Å². The van der Waals surface area contributed by atoms with Gasteiger partial charge in [-0.25, -0.2) is 4.39 Å². The molecule has 0 amide bonds. The van der Waals surface area contributed by atoms with Crippen molar-refractivity contribution in [3.8, 4) is 0 Å². The van der Waals surface area contributed by atoms with Crippen LogP contribution in [0.3, 0.4) is 0 Å². The Labute approximate surface area is 87.1 Å². The lowest BCUT2D eigenvalue weighted by Gasteiger charge is -2.00. The second kappa shape index (κ2) is 3.35. The minimum absolute atomic E-state index is 0.200. The van der Waals surface area contributed by atoms with Gasteiger partial charge in [0.2, 0.25) is 0 Å². The van der Waals surface area contributed by atoms with Crippen LogP contribution in [0.25, 0.3) is 11.0 Å². The maximum atomic E-state index is 13.5. The maximum absolute atomic E-state index is 13.5. The van der Waals surface area contributed by atoms with Crippen molar-refractivity contribution in [2.24, 2.45) is 0 Å². The van der Waals surface area contributed by atoms with Gasteiger partial charge >= 0.3 is 0 Å². The second-order valence-corrected chi connectivity index (χ2v) is 4.03. The number of halogens is 1. The fraction of sp³-hybridized carbons (Fsp3) is 0.333. The van der Waals surface area contributed by atoms with Gasteiger partial charge in [0.25, 0.3) is 0 Å². The molecule has 0 radical (unpaired) electrons. The van der Waals surface area contributed by atoms with Gasteiger partial charge in [0.15, 0.2) is 0 Å². The number of nitrogens with one attached hydrogen (secondary N) is 1. The molecule has 0 unspecified atom stereocenters. The molecule has 1 aromatic heterocycles. The highest BCUT2D eigenvalue weighted by atomic mass is 19.1. The second-order valence-electron chi connectivity index (χ2n) is 4.03. The van der Waals surface area contributed by atoms with Gasteiger partial charge in [0.05, 0.1) is 11.6 Å². The lowest BCUT2D eigenvalue weighted by molar-refractivity contribution is 0.600. The van der Waals surface area contributed by atoms with Crippen LogP contribution >= 0.6 is 0 Å². The Morgan fingerprint density at radius 2 is 2.27 bits per heavy atom. The van der Waals surface area contributed by atoms with E-state index >= 15 is 0 Å². The van der Waals surface area contributed by atoms with E-state index in [1.807, 2.05) is 0 Å². The molecule has 1 fully saturated rings. The third-order valence-electron chi connectivity index (χ3n) is 2.78. The first-order valence-corrected chi connectivity index (χ1v) is 5.22. The third kappa shape index (κ3) is 1.63. The van der Waals surface area contributed by atoms with Crippen LogP contribution in [0.1, 0.15) is 18.4 Å². The molecule has 78 valence electrons. The monoisotopic (exact) mass is 205 g/mol. The first kappa shape index (κ1) is 8.92. The fourth-order valence-electron chi connectivity index (χ4n) is 1.78. The molecular weight excluding hydrogens is 193 g/mol. The van der Waals surface area contributed by atoms with E-state index < -0.39 is 0 Å². The first-order valence-electron chi connectivity index (χ1n) is 5.22. The van der Waals surface area contributed by atoms with Gasteiger partial charge in [0.1, 0.15) is 11.4 Å². The Hall–Kier alpha value is -1.35. The zero-order chi connectivity index (χ0) is 10.3. The molecule has 1 heterocycles. The third-order valence-corrected chi connectivity index (χ3v) is 2.78. The van der Waals surface area contributed by atoms with Crippen molar-refractivity contribution < 1.29 is 8.81 Å². The van der Waals surface area contributed by atoms with E-state index in [9.17, 15) is 4.39 Å². The van der Waals surface area contributed by atoms with E-state index in [-0.39, 0.29) is 5.82 Å². The molecule has 0 spiro atoms. The van der Waals surface area contributed by atoms with E-state index in [4.69, 9.17) is 4.42 Å². The van der Waals surface area contributed by atoms with Crippen LogP contribution in [0.4, 0.5) is 4.39 Å². The topological polar surface area (TPSA) is 25.2 Å². The lowest BCUT2D eigenvalue weighted by Crippen LogP contribution is -2.14. The summed E-state index contributed by atoms with van der Waals surface area (Å²) < 4.78 is 18.8. The van der Waals surface area contributed by atoms with Gasteiger partial charge in [0, 0.05) is 18.2 Å². The molecule has 0 atom stereocenters. The van der Waals surface area contributed by atoms with Crippen LogP contribution in [0.2, 0.25) is 0 Å². The highest BCUT2D eigenvalue weighted by molar-refractivity contribution is 5.81. The molecule has 1 saturated carbocycles. The zero-order valence-electron chi connectivity index (χ0n) is 8.29. The summed E-state index contributed by atoms with van der Waals surface area (Å²) >= 11 is 0. The van der Waals surface area contributed by atoms with Crippen molar-refractivity contribution in [1.29, 1.82) is 0 Å². The van der Waals surface area contributed by atoms with Gasteiger partial charge in [-0.15, -0.1) is 0 Å². The average molecular weight is 205 g/mol. The standard InChI is InChI=1S/C12H12FNO/c13-10-2-1-3-11-12(10)8(7-15-11)6-14-9-4-5-9/h1-3,7,9,14H,4-6H2. The Kier molecular flexibility index (Phi) is 1.99. The van der Waals surface area contributed by atoms with Gasteiger partial charge in [-0.3, -0.25) is 0 Å². The number of benzene rings is 1. The van der Waals surface area contributed by atoms with Crippen molar-refractivity contribution in [2.45, 2.75) is 25.4 Å². The van der Waals surface area contributed by atoms with E-state index in [1.54, 1.807) is 18.4 Å². The van der Waals surface area contributed by atoms with Crippen molar-refractivity contribution in [2.75, 3.05) is 0 Å². The van der Waals surface area contributed by atoms with E-state index in [0.29, 0.717) is 23.6 Å². The lowest BCUT2D eigenvalue weighted by atomic mass is 10.1. The summed E-state index contributed by atoms with van der Waals surface area (Å²) in [4.78, 5) is 0. The Balaban J connectivity index is 1.94. The number of furan rings is 1. The molecule has 1 aliphatic carbocycles. The van der Waals surface area contributed by atoms with Crippen LogP contribution in [0.5, 0.6) is 0 Å². The van der Waals surface area contributed by atoms with Crippen LogP contribution in [0, 0.1) is 5.82 Å². The van der Waals surface area contributed by atoms with Crippen molar-refractivity contribution in [3.63, 3.8) is 0 Å². The molecule has 3 rings (SSSR count). The first-order chi connectivity index (χ1) is 7.34. The van der Waals surface area contributed by atoms with Crippen LogP contribution < -0.4 is 5.32 Å². The van der Waals surface area contributed by atoms with Crippen molar-refractivity contribution in [3.05, 3.63) is 35.8 Å². The molecule has 2 aromatic rings. The summed E-state index contributed by atoms with van der Waals surface area (Å²) in [6.45, 7) is 0.693. The average Bonchev–Trinajstić information content (AvgIpc) is 2.96. The molecule has 1 aliphatic rings. The SMILES string of the molecule is Fc1cccc2occ(CNC3CC3)c12. The zero-order valence-corrected chi connectivity index (χ0v) is 8.29. The number of fused-ring (bicyclic) bond motifs is 1. The summed E-state index contributed by atoms with van der Waals surface area (Å²) in [5.41, 5.74) is 1.54. The highest BCUT2D eigenvalue weighted by Crippen LogP contribution is 2.25. The van der Waals surface area contributed by atoms with Crippen LogP contribution in [0.15, 0.2) is 28.9 Å². The van der Waals surface area contributed by atoms with Crippen molar-refractivity contribution >= 4 is 11.0 Å². The quantitative estimate of drug-likeness (QED) is 0.833. The smallest absolute Gasteiger partial charge is 0.137 e. The minimum Gasteiger partial charge on any atom is -0.464 e. The predicted molar refractivity (Wildman–Crippen MR) is 56.0 cm³/mol. The molecule has 1 aromatic carbocycles. The van der Waals surface area contributed by atoms with Gasteiger partial charge in [-0.1, -0.05) is 6.07 Å². The fourth-order valence-corrected chi connectivity index (χ4v) is 1.78. The Bertz CT molecular complexity index is 487. The summed E-state index contributed by atoms with van der Waals surface area (Å²) in [7, 11) is 0. The molecule has 15 heavy (non-hydrogen) atoms. The highest BCUT2D eigenvalue weighted by Gasteiger charge is 2.21. The molecule has 0 saturated heterocycles. The van der Waals surface area contributed by atoms with Crippen molar-refractivity contribution in [1.82, 2.24) is 5.32 Å². The molecule has 2 nitrogen and oxygen atoms in total. The summed E-state index contributed by atoms with van der Waals surface area (Å²) in [6, 6.07) is 5.55. The molecular formula is C12H12FNO. The molecule has 0 aliphatic heterocycles. The maximum Gasteiger partial charge on any atom is 0.137 e. The van der Waals surface area contributed by atoms with Gasteiger partial charge < -0.3 is 9.73 Å². The van der Waals surface area contributed by atoms with E-state index in [0.717, 1.165) is 5.56 Å². The van der Waals surface area contributed by atoms with E-state index in [1.165, 1.54) is 18.9 Å². The van der Waals surface area contributed by atoms with E-state index in [2.05, 4.69) is 5.32 Å². The number of hydrogen-bond acceptors (Lipinski definition) is 2. The Morgan fingerprint density at radius 3 is 3.07 bits per heavy atom. The predicted octanol–water partition coefficient (Wildman–Crippen LogP) is 2.82. The summed E-state index contributed by atoms with van der Waals surface area (Å²) in [5, 5.41) is 3.97.